The van der Waals surface area contributed by atoms with Gasteiger partial charge in [-0.2, -0.15) is 4.72 Å². The van der Waals surface area contributed by atoms with E-state index in [1.807, 2.05) is 6.92 Å². The van der Waals surface area contributed by atoms with Crippen molar-refractivity contribution >= 4 is 16.0 Å². The zero-order valence-electron chi connectivity index (χ0n) is 11.7. The zero-order valence-corrected chi connectivity index (χ0v) is 12.6. The number of nitrogens with one attached hydrogen (secondary N) is 1. The topological polar surface area (TPSA) is 88.4 Å². The monoisotopic (exact) mass is 310 g/mol. The lowest BCUT2D eigenvalue weighted by molar-refractivity contribution is 0.0685. The van der Waals surface area contributed by atoms with Crippen molar-refractivity contribution < 1.29 is 18.3 Å². The molecule has 1 aromatic heterocycles. The molecular weight excluding hydrogens is 292 g/mol. The second-order valence-electron chi connectivity index (χ2n) is 5.13. The van der Waals surface area contributed by atoms with Crippen LogP contribution in [0.2, 0.25) is 0 Å². The number of aromatic nitrogens is 1. The molecule has 1 heterocycles. The summed E-state index contributed by atoms with van der Waals surface area (Å²) in [5, 5.41) is 9.17. The lowest BCUT2D eigenvalue weighted by Crippen LogP contribution is -2.33. The normalized spacial score (nSPS) is 16.4. The molecule has 1 saturated carbocycles. The summed E-state index contributed by atoms with van der Waals surface area (Å²) in [4.78, 5) is 11.2. The molecule has 0 spiro atoms. The van der Waals surface area contributed by atoms with Crippen molar-refractivity contribution in [3.8, 4) is 12.3 Å². The van der Waals surface area contributed by atoms with Crippen LogP contribution in [0, 0.1) is 12.3 Å². The van der Waals surface area contributed by atoms with Gasteiger partial charge in [-0.25, -0.2) is 13.2 Å². The SMILES string of the molecule is C#CC(CCC)NS(=O)(=O)c1cc(C(=O)O)n(C2CC2)c1. The highest BCUT2D eigenvalue weighted by molar-refractivity contribution is 7.89. The summed E-state index contributed by atoms with van der Waals surface area (Å²) in [7, 11) is -3.81. The van der Waals surface area contributed by atoms with Gasteiger partial charge in [-0.05, 0) is 25.3 Å². The van der Waals surface area contributed by atoms with Gasteiger partial charge in [-0.3, -0.25) is 0 Å². The number of rotatable bonds is 7. The molecule has 114 valence electrons. The van der Waals surface area contributed by atoms with E-state index in [4.69, 9.17) is 11.5 Å². The van der Waals surface area contributed by atoms with E-state index < -0.39 is 22.0 Å². The summed E-state index contributed by atoms with van der Waals surface area (Å²) in [5.74, 6) is 1.26. The molecule has 0 radical (unpaired) electrons. The maximum absolute atomic E-state index is 12.3. The number of carboxylic acid groups (broad SMARTS) is 1. The van der Waals surface area contributed by atoms with Crippen LogP contribution in [0.5, 0.6) is 0 Å². The van der Waals surface area contributed by atoms with Crippen molar-refractivity contribution in [1.82, 2.24) is 9.29 Å². The number of terminal acetylenes is 1. The fraction of sp³-hybridized carbons (Fsp3) is 0.500. The summed E-state index contributed by atoms with van der Waals surface area (Å²) >= 11 is 0. The maximum Gasteiger partial charge on any atom is 0.352 e. The smallest absolute Gasteiger partial charge is 0.352 e. The van der Waals surface area contributed by atoms with E-state index in [0.717, 1.165) is 19.3 Å². The number of nitrogens with zero attached hydrogens (tertiary/aromatic N) is 1. The second-order valence-corrected chi connectivity index (χ2v) is 6.85. The van der Waals surface area contributed by atoms with Crippen LogP contribution in [0.25, 0.3) is 0 Å². The van der Waals surface area contributed by atoms with Crippen LogP contribution >= 0.6 is 0 Å². The molecule has 2 N–H and O–H groups in total. The minimum Gasteiger partial charge on any atom is -0.477 e. The molecule has 0 aromatic carbocycles. The predicted molar refractivity (Wildman–Crippen MR) is 77.5 cm³/mol. The molecule has 6 nitrogen and oxygen atoms in total. The fourth-order valence-electron chi connectivity index (χ4n) is 2.15. The molecule has 7 heteroatoms. The quantitative estimate of drug-likeness (QED) is 0.749. The summed E-state index contributed by atoms with van der Waals surface area (Å²) in [6, 6.07) is 0.680. The Morgan fingerprint density at radius 3 is 2.76 bits per heavy atom. The van der Waals surface area contributed by atoms with Crippen molar-refractivity contribution in [1.29, 1.82) is 0 Å². The first kappa shape index (κ1) is 15.6. The van der Waals surface area contributed by atoms with E-state index >= 15 is 0 Å². The van der Waals surface area contributed by atoms with E-state index in [1.54, 1.807) is 0 Å². The number of aromatic carboxylic acids is 1. The Balaban J connectivity index is 2.30. The standard InChI is InChI=1S/C14H18N2O4S/c1-3-5-10(4-2)15-21(19,20)12-8-13(14(17)18)16(9-12)11-6-7-11/h2,8-11,15H,3,5-7H2,1H3,(H,17,18). The highest BCUT2D eigenvalue weighted by Crippen LogP contribution is 2.37. The summed E-state index contributed by atoms with van der Waals surface area (Å²) in [6.07, 6.45) is 9.70. The fourth-order valence-corrected chi connectivity index (χ4v) is 3.36. The van der Waals surface area contributed by atoms with Crippen LogP contribution in [0.4, 0.5) is 0 Å². The molecule has 0 aliphatic heterocycles. The van der Waals surface area contributed by atoms with Crippen LogP contribution in [0.15, 0.2) is 17.2 Å². The molecule has 21 heavy (non-hydrogen) atoms. The van der Waals surface area contributed by atoms with Gasteiger partial charge in [0, 0.05) is 12.2 Å². The highest BCUT2D eigenvalue weighted by Gasteiger charge is 2.30. The van der Waals surface area contributed by atoms with Gasteiger partial charge in [0.25, 0.3) is 0 Å². The average Bonchev–Trinajstić information content (AvgIpc) is 3.15. The Labute approximate surface area is 124 Å². The molecule has 1 aliphatic rings. The van der Waals surface area contributed by atoms with E-state index in [2.05, 4.69) is 10.6 Å². The molecule has 2 rings (SSSR count). The van der Waals surface area contributed by atoms with Crippen LogP contribution < -0.4 is 4.72 Å². The van der Waals surface area contributed by atoms with Crippen molar-refractivity contribution in [3.05, 3.63) is 18.0 Å². The average molecular weight is 310 g/mol. The Bertz CT molecular complexity index is 680. The van der Waals surface area contributed by atoms with Gasteiger partial charge in [0.2, 0.25) is 10.0 Å². The largest absolute Gasteiger partial charge is 0.477 e. The highest BCUT2D eigenvalue weighted by atomic mass is 32.2. The van der Waals surface area contributed by atoms with Gasteiger partial charge in [0.05, 0.1) is 6.04 Å². The second kappa shape index (κ2) is 5.92. The Morgan fingerprint density at radius 1 is 1.62 bits per heavy atom. The van der Waals surface area contributed by atoms with Crippen LogP contribution in [-0.2, 0) is 10.0 Å². The minimum atomic E-state index is -3.81. The van der Waals surface area contributed by atoms with Crippen molar-refractivity contribution in [2.24, 2.45) is 0 Å². The third kappa shape index (κ3) is 3.46. The maximum atomic E-state index is 12.3. The van der Waals surface area contributed by atoms with Gasteiger partial charge >= 0.3 is 5.97 Å². The van der Waals surface area contributed by atoms with Gasteiger partial charge in [-0.15, -0.1) is 6.42 Å². The molecule has 0 amide bonds. The summed E-state index contributed by atoms with van der Waals surface area (Å²) in [6.45, 7) is 1.91. The molecule has 1 aliphatic carbocycles. The molecule has 1 atom stereocenters. The molecule has 1 aromatic rings. The molecule has 1 fully saturated rings. The van der Waals surface area contributed by atoms with E-state index in [0.29, 0.717) is 6.42 Å². The van der Waals surface area contributed by atoms with Crippen molar-refractivity contribution in [2.45, 2.75) is 49.6 Å². The lowest BCUT2D eigenvalue weighted by atomic mass is 10.2. The third-order valence-electron chi connectivity index (χ3n) is 3.37. The van der Waals surface area contributed by atoms with Crippen LogP contribution in [0.1, 0.15) is 49.1 Å². The summed E-state index contributed by atoms with van der Waals surface area (Å²) < 4.78 is 28.5. The first-order valence-corrected chi connectivity index (χ1v) is 8.31. The van der Waals surface area contributed by atoms with E-state index in [9.17, 15) is 13.2 Å². The Kier molecular flexibility index (Phi) is 4.40. The number of carboxylic acids is 1. The van der Waals surface area contributed by atoms with Crippen LogP contribution in [0.3, 0.4) is 0 Å². The van der Waals surface area contributed by atoms with Gasteiger partial charge in [0.15, 0.2) is 0 Å². The first-order chi connectivity index (χ1) is 9.89. The van der Waals surface area contributed by atoms with E-state index in [-0.39, 0.29) is 16.6 Å². The van der Waals surface area contributed by atoms with Crippen molar-refractivity contribution in [2.75, 3.05) is 0 Å². The minimum absolute atomic E-state index is 0.00868. The molecule has 0 bridgehead atoms. The number of hydrogen-bond donors (Lipinski definition) is 2. The van der Waals surface area contributed by atoms with E-state index in [1.165, 1.54) is 16.8 Å². The first-order valence-electron chi connectivity index (χ1n) is 6.82. The van der Waals surface area contributed by atoms with Crippen molar-refractivity contribution in [3.63, 3.8) is 0 Å². The number of sulfonamides is 1. The Hall–Kier alpha value is -1.78. The third-order valence-corrected chi connectivity index (χ3v) is 4.81. The Morgan fingerprint density at radius 2 is 2.29 bits per heavy atom. The molecular formula is C14H18N2O4S. The van der Waals surface area contributed by atoms with Gasteiger partial charge in [-0.1, -0.05) is 19.3 Å². The molecule has 0 saturated heterocycles. The summed E-state index contributed by atoms with van der Waals surface area (Å²) in [5.41, 5.74) is -0.00868. The van der Waals surface area contributed by atoms with Crippen LogP contribution in [-0.4, -0.2) is 30.1 Å². The van der Waals surface area contributed by atoms with Gasteiger partial charge < -0.3 is 9.67 Å². The predicted octanol–water partition coefficient (Wildman–Crippen LogP) is 1.60. The lowest BCUT2D eigenvalue weighted by Gasteiger charge is -2.11. The number of hydrogen-bond acceptors (Lipinski definition) is 3. The zero-order chi connectivity index (χ0) is 15.6. The number of carbonyl (C=O) groups is 1. The molecule has 1 unspecified atom stereocenters. The van der Waals surface area contributed by atoms with Gasteiger partial charge in [0.1, 0.15) is 10.6 Å².